The summed E-state index contributed by atoms with van der Waals surface area (Å²) in [5, 5.41) is 6.12. The van der Waals surface area contributed by atoms with Crippen molar-refractivity contribution in [1.82, 2.24) is 10.6 Å². The Morgan fingerprint density at radius 2 is 1.95 bits per heavy atom. The van der Waals surface area contributed by atoms with Gasteiger partial charge in [0.2, 0.25) is 0 Å². The number of hydrogen-bond acceptors (Lipinski definition) is 4. The van der Waals surface area contributed by atoms with Gasteiger partial charge in [0.25, 0.3) is 5.91 Å². The number of amides is 1. The first-order valence-corrected chi connectivity index (χ1v) is 7.49. The van der Waals surface area contributed by atoms with Crippen LogP contribution < -0.4 is 20.1 Å². The van der Waals surface area contributed by atoms with Crippen molar-refractivity contribution < 1.29 is 14.3 Å². The van der Waals surface area contributed by atoms with Crippen LogP contribution in [0.2, 0.25) is 0 Å². The molecule has 2 N–H and O–H groups in total. The molecule has 5 nitrogen and oxygen atoms in total. The Morgan fingerprint density at radius 1 is 1.19 bits per heavy atom. The average Bonchev–Trinajstić information content (AvgIpc) is 2.51. The predicted octanol–water partition coefficient (Wildman–Crippen LogP) is 2.10. The fourth-order valence-electron chi connectivity index (χ4n) is 1.88. The van der Waals surface area contributed by atoms with Gasteiger partial charge in [-0.3, -0.25) is 4.79 Å². The van der Waals surface area contributed by atoms with Crippen molar-refractivity contribution in [2.45, 2.75) is 33.2 Å². The Balaban J connectivity index is 2.69. The van der Waals surface area contributed by atoms with Gasteiger partial charge >= 0.3 is 0 Å². The molecule has 0 aliphatic heterocycles. The summed E-state index contributed by atoms with van der Waals surface area (Å²) in [4.78, 5) is 11.7. The average molecular weight is 294 g/mol. The van der Waals surface area contributed by atoms with E-state index in [1.54, 1.807) is 7.11 Å². The van der Waals surface area contributed by atoms with E-state index in [1.165, 1.54) is 0 Å². The minimum atomic E-state index is -0.116. The number of rotatable bonds is 10. The molecule has 1 rings (SSSR count). The van der Waals surface area contributed by atoms with Gasteiger partial charge < -0.3 is 20.1 Å². The monoisotopic (exact) mass is 294 g/mol. The van der Waals surface area contributed by atoms with E-state index >= 15 is 0 Å². The van der Waals surface area contributed by atoms with Crippen molar-refractivity contribution in [2.75, 3.05) is 26.8 Å². The molecular formula is C16H26N2O3. The molecule has 0 radical (unpaired) electrons. The van der Waals surface area contributed by atoms with Crippen LogP contribution in [0.1, 0.15) is 32.3 Å². The van der Waals surface area contributed by atoms with Gasteiger partial charge in [0, 0.05) is 18.7 Å². The van der Waals surface area contributed by atoms with Crippen LogP contribution in [0.25, 0.3) is 0 Å². The maximum atomic E-state index is 11.7. The van der Waals surface area contributed by atoms with Crippen LogP contribution in [0, 0.1) is 0 Å². The zero-order chi connectivity index (χ0) is 15.5. The van der Waals surface area contributed by atoms with E-state index in [1.807, 2.05) is 25.1 Å². The van der Waals surface area contributed by atoms with E-state index in [0.717, 1.165) is 24.9 Å². The Hall–Kier alpha value is -1.75. The van der Waals surface area contributed by atoms with Crippen LogP contribution in [-0.4, -0.2) is 32.7 Å². The van der Waals surface area contributed by atoms with Gasteiger partial charge in [-0.2, -0.15) is 0 Å². The molecule has 0 atom stereocenters. The zero-order valence-corrected chi connectivity index (χ0v) is 13.2. The van der Waals surface area contributed by atoms with Crippen LogP contribution >= 0.6 is 0 Å². The molecule has 0 aliphatic carbocycles. The van der Waals surface area contributed by atoms with Gasteiger partial charge in [-0.15, -0.1) is 0 Å². The van der Waals surface area contributed by atoms with Crippen molar-refractivity contribution >= 4 is 5.91 Å². The molecule has 0 saturated carbocycles. The normalized spacial score (nSPS) is 10.2. The van der Waals surface area contributed by atoms with E-state index in [0.29, 0.717) is 24.6 Å². The van der Waals surface area contributed by atoms with Crippen LogP contribution in [-0.2, 0) is 11.3 Å². The highest BCUT2D eigenvalue weighted by Crippen LogP contribution is 2.30. The number of carbonyl (C=O) groups excluding carboxylic acids is 1. The summed E-state index contributed by atoms with van der Waals surface area (Å²) < 4.78 is 11.0. The lowest BCUT2D eigenvalue weighted by atomic mass is 10.2. The van der Waals surface area contributed by atoms with Crippen LogP contribution in [0.15, 0.2) is 18.2 Å². The van der Waals surface area contributed by atoms with Crippen LogP contribution in [0.4, 0.5) is 0 Å². The number of hydrogen-bond donors (Lipinski definition) is 2. The summed E-state index contributed by atoms with van der Waals surface area (Å²) >= 11 is 0. The van der Waals surface area contributed by atoms with E-state index in [-0.39, 0.29) is 12.5 Å². The van der Waals surface area contributed by atoms with E-state index < -0.39 is 0 Å². The number of para-hydroxylation sites is 1. The molecule has 21 heavy (non-hydrogen) atoms. The third-order valence-electron chi connectivity index (χ3n) is 2.94. The minimum Gasteiger partial charge on any atom is -0.493 e. The summed E-state index contributed by atoms with van der Waals surface area (Å²) in [6.45, 7) is 6.43. The van der Waals surface area contributed by atoms with E-state index in [4.69, 9.17) is 9.47 Å². The van der Waals surface area contributed by atoms with E-state index in [9.17, 15) is 4.79 Å². The van der Waals surface area contributed by atoms with Crippen molar-refractivity contribution in [3.63, 3.8) is 0 Å². The molecule has 0 fully saturated rings. The Bertz CT molecular complexity index is 436. The fourth-order valence-corrected chi connectivity index (χ4v) is 1.88. The summed E-state index contributed by atoms with van der Waals surface area (Å²) in [6, 6.07) is 5.73. The van der Waals surface area contributed by atoms with E-state index in [2.05, 4.69) is 17.6 Å². The first-order chi connectivity index (χ1) is 10.2. The summed E-state index contributed by atoms with van der Waals surface area (Å²) in [6.07, 6.45) is 1.98. The van der Waals surface area contributed by atoms with Gasteiger partial charge in [-0.1, -0.05) is 26.0 Å². The number of nitrogens with one attached hydrogen (secondary N) is 2. The Morgan fingerprint density at radius 3 is 2.62 bits per heavy atom. The molecule has 1 amide bonds. The quantitative estimate of drug-likeness (QED) is 0.649. The molecule has 118 valence electrons. The molecule has 1 aromatic carbocycles. The van der Waals surface area contributed by atoms with Gasteiger partial charge in [-0.05, 0) is 25.5 Å². The topological polar surface area (TPSA) is 59.6 Å². The SMILES string of the molecule is CCCNCc1cccc(OC)c1OCC(=O)NCCC. The second-order valence-electron chi connectivity index (χ2n) is 4.76. The number of ether oxygens (including phenoxy) is 2. The Kier molecular flexibility index (Phi) is 8.28. The molecule has 1 aromatic rings. The second-order valence-corrected chi connectivity index (χ2v) is 4.76. The fraction of sp³-hybridized carbons (Fsp3) is 0.562. The predicted molar refractivity (Wildman–Crippen MR) is 83.8 cm³/mol. The van der Waals surface area contributed by atoms with Gasteiger partial charge in [-0.25, -0.2) is 0 Å². The number of carbonyl (C=O) groups is 1. The molecule has 5 heteroatoms. The van der Waals surface area contributed by atoms with Gasteiger partial charge in [0.15, 0.2) is 18.1 Å². The maximum Gasteiger partial charge on any atom is 0.257 e. The second kappa shape index (κ2) is 10.0. The molecule has 0 unspecified atom stereocenters. The molecule has 0 heterocycles. The summed E-state index contributed by atoms with van der Waals surface area (Å²) in [7, 11) is 1.60. The van der Waals surface area contributed by atoms with Crippen LogP contribution in [0.3, 0.4) is 0 Å². The molecule has 0 spiro atoms. The zero-order valence-electron chi connectivity index (χ0n) is 13.2. The van der Waals surface area contributed by atoms with Crippen molar-refractivity contribution in [3.05, 3.63) is 23.8 Å². The number of methoxy groups -OCH3 is 1. The van der Waals surface area contributed by atoms with Crippen molar-refractivity contribution in [2.24, 2.45) is 0 Å². The van der Waals surface area contributed by atoms with Crippen molar-refractivity contribution in [1.29, 1.82) is 0 Å². The minimum absolute atomic E-state index is 0.00114. The smallest absolute Gasteiger partial charge is 0.257 e. The summed E-state index contributed by atoms with van der Waals surface area (Å²) in [5.74, 6) is 1.17. The number of benzene rings is 1. The molecule has 0 aliphatic rings. The lowest BCUT2D eigenvalue weighted by molar-refractivity contribution is -0.123. The third-order valence-corrected chi connectivity index (χ3v) is 2.94. The Labute approximate surface area is 127 Å². The third kappa shape index (κ3) is 6.04. The first-order valence-electron chi connectivity index (χ1n) is 7.49. The highest BCUT2D eigenvalue weighted by molar-refractivity contribution is 5.77. The summed E-state index contributed by atoms with van der Waals surface area (Å²) in [5.41, 5.74) is 0.992. The maximum absolute atomic E-state index is 11.7. The molecule has 0 saturated heterocycles. The standard InChI is InChI=1S/C16H26N2O3/c1-4-9-17-11-13-7-6-8-14(20-3)16(13)21-12-15(19)18-10-5-2/h6-8,17H,4-5,9-12H2,1-3H3,(H,18,19). The largest absolute Gasteiger partial charge is 0.493 e. The van der Waals surface area contributed by atoms with Crippen molar-refractivity contribution in [3.8, 4) is 11.5 Å². The lowest BCUT2D eigenvalue weighted by Crippen LogP contribution is -2.29. The van der Waals surface area contributed by atoms with Gasteiger partial charge in [0.1, 0.15) is 0 Å². The highest BCUT2D eigenvalue weighted by Gasteiger charge is 2.12. The molecule has 0 bridgehead atoms. The van der Waals surface area contributed by atoms with Gasteiger partial charge in [0.05, 0.1) is 7.11 Å². The van der Waals surface area contributed by atoms with Crippen LogP contribution in [0.5, 0.6) is 11.5 Å². The molecule has 0 aromatic heterocycles. The molecular weight excluding hydrogens is 268 g/mol. The lowest BCUT2D eigenvalue weighted by Gasteiger charge is -2.15. The first kappa shape index (κ1) is 17.3. The highest BCUT2D eigenvalue weighted by atomic mass is 16.5.